The zero-order valence-electron chi connectivity index (χ0n) is 22.3. The molecule has 9 heteroatoms. The van der Waals surface area contributed by atoms with Gasteiger partial charge in [-0.15, -0.1) is 5.10 Å². The Morgan fingerprint density at radius 2 is 1.33 bits per heavy atom. The summed E-state index contributed by atoms with van der Waals surface area (Å²) in [7, 11) is 0. The monoisotopic (exact) mass is 529 g/mol. The molecule has 1 aliphatic heterocycles. The first-order valence-electron chi connectivity index (χ1n) is 14.4. The Morgan fingerprint density at radius 1 is 0.806 bits per heavy atom. The van der Waals surface area contributed by atoms with Crippen LogP contribution in [0.5, 0.6) is 0 Å². The highest BCUT2D eigenvalue weighted by Crippen LogP contribution is 2.23. The molecule has 0 unspecified atom stereocenters. The molecule has 2 heterocycles. The van der Waals surface area contributed by atoms with Gasteiger partial charge in [0.05, 0.1) is 18.9 Å². The first-order chi connectivity index (χ1) is 17.6. The summed E-state index contributed by atoms with van der Waals surface area (Å²) >= 11 is 4.11. The fraction of sp³-hybridized carbons (Fsp3) is 0.926. The second-order valence-corrected chi connectivity index (χ2v) is 10.6. The van der Waals surface area contributed by atoms with E-state index in [2.05, 4.69) is 29.9 Å². The van der Waals surface area contributed by atoms with Gasteiger partial charge in [-0.2, -0.15) is 12.6 Å². The van der Waals surface area contributed by atoms with E-state index in [0.29, 0.717) is 5.69 Å². The molecule has 0 bridgehead atoms. The van der Waals surface area contributed by atoms with Gasteiger partial charge < -0.3 is 24.8 Å². The Hall–Kier alpha value is -0.710. The van der Waals surface area contributed by atoms with Gasteiger partial charge in [0.1, 0.15) is 24.0 Å². The van der Waals surface area contributed by atoms with Gasteiger partial charge in [-0.25, -0.2) is 0 Å². The standard InChI is InChI=1S/C27H51N3O5S/c1-2-3-4-5-6-7-8-9-10-11-12-13-14-15-16-17-18-30-19-22(28-29-30)20-34-27-26(33)25(32)24(31)23(21-36)35-27/h19,23-27,31-33,36H,2-18,20-21H2,1H3/t23-,24+,25+,26-,27-/m1/s1. The molecule has 8 nitrogen and oxygen atoms in total. The van der Waals surface area contributed by atoms with Crippen molar-refractivity contribution in [1.82, 2.24) is 15.0 Å². The maximum absolute atomic E-state index is 10.1. The predicted octanol–water partition coefficient (Wildman–Crippen LogP) is 4.79. The number of thiol groups is 1. The van der Waals surface area contributed by atoms with Crippen molar-refractivity contribution >= 4 is 12.6 Å². The normalized spacial score (nSPS) is 24.4. The summed E-state index contributed by atoms with van der Waals surface area (Å²) < 4.78 is 12.9. The molecule has 36 heavy (non-hydrogen) atoms. The van der Waals surface area contributed by atoms with Crippen LogP contribution >= 0.6 is 12.6 Å². The van der Waals surface area contributed by atoms with Crippen LogP contribution in [0.25, 0.3) is 0 Å². The number of aromatic nitrogens is 3. The van der Waals surface area contributed by atoms with E-state index in [0.717, 1.165) is 13.0 Å². The van der Waals surface area contributed by atoms with Gasteiger partial charge in [0.25, 0.3) is 0 Å². The summed E-state index contributed by atoms with van der Waals surface area (Å²) in [5.74, 6) is 0.209. The van der Waals surface area contributed by atoms with Gasteiger partial charge in [0, 0.05) is 12.3 Å². The Bertz CT molecular complexity index is 663. The number of aryl methyl sites for hydroxylation is 1. The maximum atomic E-state index is 10.1. The Labute approximate surface area is 223 Å². The number of ether oxygens (including phenoxy) is 2. The first kappa shape index (κ1) is 31.5. The molecule has 0 saturated carbocycles. The third-order valence-corrected chi connectivity index (χ3v) is 7.43. The van der Waals surface area contributed by atoms with Gasteiger partial charge in [-0.05, 0) is 6.42 Å². The average molecular weight is 530 g/mol. The molecule has 1 aliphatic rings. The molecule has 1 fully saturated rings. The van der Waals surface area contributed by atoms with Crippen LogP contribution in [-0.4, -0.2) is 66.8 Å². The van der Waals surface area contributed by atoms with Crippen LogP contribution in [0.2, 0.25) is 0 Å². The van der Waals surface area contributed by atoms with Gasteiger partial charge in [0.15, 0.2) is 6.29 Å². The molecule has 1 saturated heterocycles. The fourth-order valence-electron chi connectivity index (χ4n) is 4.71. The number of hydrogen-bond donors (Lipinski definition) is 4. The van der Waals surface area contributed by atoms with Crippen LogP contribution < -0.4 is 0 Å². The molecule has 1 aromatic rings. The minimum absolute atomic E-state index is 0.1000. The van der Waals surface area contributed by atoms with Crippen LogP contribution in [0.3, 0.4) is 0 Å². The molecular weight excluding hydrogens is 478 g/mol. The number of hydrogen-bond acceptors (Lipinski definition) is 8. The van der Waals surface area contributed by atoms with E-state index in [-0.39, 0.29) is 12.4 Å². The minimum atomic E-state index is -1.34. The predicted molar refractivity (Wildman–Crippen MR) is 145 cm³/mol. The van der Waals surface area contributed by atoms with Crippen LogP contribution in [0.4, 0.5) is 0 Å². The topological polar surface area (TPSA) is 110 Å². The third kappa shape index (κ3) is 12.2. The van der Waals surface area contributed by atoms with Gasteiger partial charge in [0.2, 0.25) is 0 Å². The van der Waals surface area contributed by atoms with E-state index in [1.807, 2.05) is 10.9 Å². The molecule has 0 radical (unpaired) electrons. The third-order valence-electron chi connectivity index (χ3n) is 7.07. The van der Waals surface area contributed by atoms with E-state index < -0.39 is 30.7 Å². The lowest BCUT2D eigenvalue weighted by molar-refractivity contribution is -0.295. The molecule has 3 N–H and O–H groups in total. The maximum Gasteiger partial charge on any atom is 0.187 e. The number of rotatable bonds is 21. The van der Waals surface area contributed by atoms with Gasteiger partial charge in [-0.1, -0.05) is 108 Å². The quantitative estimate of drug-likeness (QED) is 0.134. The van der Waals surface area contributed by atoms with Crippen LogP contribution in [0, 0.1) is 0 Å². The molecule has 2 rings (SSSR count). The highest BCUT2D eigenvalue weighted by Gasteiger charge is 2.43. The van der Waals surface area contributed by atoms with Crippen molar-refractivity contribution in [1.29, 1.82) is 0 Å². The van der Waals surface area contributed by atoms with Gasteiger partial charge in [-0.3, -0.25) is 4.68 Å². The summed E-state index contributed by atoms with van der Waals surface area (Å²) in [4.78, 5) is 0. The Kier molecular flexibility index (Phi) is 17.0. The molecule has 5 atom stereocenters. The van der Waals surface area contributed by atoms with Crippen molar-refractivity contribution in [3.05, 3.63) is 11.9 Å². The van der Waals surface area contributed by atoms with Crippen LogP contribution in [-0.2, 0) is 22.6 Å². The number of nitrogens with zero attached hydrogens (tertiary/aromatic N) is 3. The van der Waals surface area contributed by atoms with Crippen LogP contribution in [0.15, 0.2) is 6.20 Å². The van der Waals surface area contributed by atoms with Crippen molar-refractivity contribution in [2.75, 3.05) is 5.75 Å². The fourth-order valence-corrected chi connectivity index (χ4v) is 5.01. The largest absolute Gasteiger partial charge is 0.388 e. The van der Waals surface area contributed by atoms with E-state index in [9.17, 15) is 15.3 Å². The minimum Gasteiger partial charge on any atom is -0.388 e. The Morgan fingerprint density at radius 3 is 1.86 bits per heavy atom. The summed E-state index contributed by atoms with van der Waals surface area (Å²) in [5.41, 5.74) is 0.630. The van der Waals surface area contributed by atoms with Crippen molar-refractivity contribution < 1.29 is 24.8 Å². The molecule has 0 spiro atoms. The lowest BCUT2D eigenvalue weighted by Gasteiger charge is -2.39. The smallest absolute Gasteiger partial charge is 0.187 e. The average Bonchev–Trinajstić information content (AvgIpc) is 3.34. The van der Waals surface area contributed by atoms with E-state index >= 15 is 0 Å². The summed E-state index contributed by atoms with van der Waals surface area (Å²) in [6, 6.07) is 0. The highest BCUT2D eigenvalue weighted by atomic mass is 32.1. The molecule has 210 valence electrons. The van der Waals surface area contributed by atoms with E-state index in [1.165, 1.54) is 96.3 Å². The van der Waals surface area contributed by atoms with E-state index in [1.54, 1.807) is 0 Å². The summed E-state index contributed by atoms with van der Waals surface area (Å²) in [6.45, 7) is 3.20. The number of unbranched alkanes of at least 4 members (excludes halogenated alkanes) is 15. The van der Waals surface area contributed by atoms with Crippen molar-refractivity contribution in [3.8, 4) is 0 Å². The number of aliphatic hydroxyl groups excluding tert-OH is 3. The highest BCUT2D eigenvalue weighted by molar-refractivity contribution is 7.80. The second kappa shape index (κ2) is 19.4. The van der Waals surface area contributed by atoms with Gasteiger partial charge >= 0.3 is 0 Å². The van der Waals surface area contributed by atoms with Crippen LogP contribution in [0.1, 0.15) is 115 Å². The zero-order valence-corrected chi connectivity index (χ0v) is 23.2. The SMILES string of the molecule is CCCCCCCCCCCCCCCCCCn1cc(CO[C@@H]2O[C@H](CS)[C@H](O)[C@H](O)[C@H]2O)nn1. The molecule has 0 aromatic carbocycles. The molecule has 0 aliphatic carbocycles. The van der Waals surface area contributed by atoms with Crippen molar-refractivity contribution in [2.24, 2.45) is 0 Å². The summed E-state index contributed by atoms with van der Waals surface area (Å²) in [5, 5.41) is 38.2. The molecule has 1 aromatic heterocycles. The lowest BCUT2D eigenvalue weighted by Crippen LogP contribution is -2.58. The second-order valence-electron chi connectivity index (χ2n) is 10.3. The molecular formula is C27H51N3O5S. The first-order valence-corrected chi connectivity index (χ1v) is 15.0. The summed E-state index contributed by atoms with van der Waals surface area (Å²) in [6.07, 6.45) is 17.8. The van der Waals surface area contributed by atoms with Crippen molar-refractivity contribution in [3.63, 3.8) is 0 Å². The zero-order chi connectivity index (χ0) is 26.0. The van der Waals surface area contributed by atoms with Crippen molar-refractivity contribution in [2.45, 2.75) is 154 Å². The number of aliphatic hydroxyl groups is 3. The lowest BCUT2D eigenvalue weighted by atomic mass is 10.00. The van der Waals surface area contributed by atoms with E-state index in [4.69, 9.17) is 9.47 Å². The Balaban J connectivity index is 1.43. The molecule has 0 amide bonds.